The first-order chi connectivity index (χ1) is 13.5. The van der Waals surface area contributed by atoms with Crippen LogP contribution in [0.2, 0.25) is 0 Å². The number of ether oxygens (including phenoxy) is 3. The molecular weight excluding hydrogens is 354 g/mol. The predicted molar refractivity (Wildman–Crippen MR) is 108 cm³/mol. The lowest BCUT2D eigenvalue weighted by Crippen LogP contribution is -2.39. The number of carbonyl (C=O) groups is 1. The van der Waals surface area contributed by atoms with Gasteiger partial charge in [0.05, 0.1) is 6.10 Å². The van der Waals surface area contributed by atoms with Gasteiger partial charge in [0.1, 0.15) is 5.75 Å². The van der Waals surface area contributed by atoms with Crippen LogP contribution in [0.25, 0.3) is 0 Å². The van der Waals surface area contributed by atoms with Crippen LogP contribution in [0, 0.1) is 11.3 Å². The third-order valence-electron chi connectivity index (χ3n) is 6.94. The highest BCUT2D eigenvalue weighted by Crippen LogP contribution is 2.65. The van der Waals surface area contributed by atoms with Crippen molar-refractivity contribution in [2.45, 2.75) is 70.3 Å². The average molecular weight is 386 g/mol. The highest BCUT2D eigenvalue weighted by molar-refractivity contribution is 5.59. The van der Waals surface area contributed by atoms with E-state index in [-0.39, 0.29) is 23.7 Å². The number of carbonyl (C=O) groups excluding carboxylic acids is 1. The normalized spacial score (nSPS) is 30.3. The third-order valence-corrected chi connectivity index (χ3v) is 6.94. The molecule has 0 N–H and O–H groups in total. The first kappa shape index (κ1) is 19.3. The van der Waals surface area contributed by atoms with E-state index in [4.69, 9.17) is 14.2 Å². The Hall–Kier alpha value is -2.04. The molecule has 5 heteroatoms. The fraction of sp³-hybridized carbons (Fsp3) is 0.652. The van der Waals surface area contributed by atoms with Crippen LogP contribution in [0.3, 0.4) is 0 Å². The summed E-state index contributed by atoms with van der Waals surface area (Å²) in [4.78, 5) is 15.8. The van der Waals surface area contributed by atoms with Crippen LogP contribution in [0.5, 0.6) is 5.75 Å². The summed E-state index contributed by atoms with van der Waals surface area (Å²) in [5.74, 6) is 1.49. The van der Waals surface area contributed by atoms with Crippen molar-refractivity contribution in [3.8, 4) is 5.75 Å². The number of fused-ring (bicyclic) bond motifs is 2. The van der Waals surface area contributed by atoms with Gasteiger partial charge in [-0.1, -0.05) is 18.9 Å². The molecule has 1 spiro atoms. The lowest BCUT2D eigenvalue weighted by Gasteiger charge is -2.44. The lowest BCUT2D eigenvalue weighted by atomic mass is 9.60. The molecule has 4 rings (SSSR count). The van der Waals surface area contributed by atoms with E-state index in [2.05, 4.69) is 23.8 Å². The van der Waals surface area contributed by atoms with E-state index in [1.54, 1.807) is 13.8 Å². The second kappa shape index (κ2) is 7.41. The number of nitrogens with zero attached hydrogens (tertiary/aromatic N) is 1. The van der Waals surface area contributed by atoms with Gasteiger partial charge in [-0.05, 0) is 92.7 Å². The molecule has 0 radical (unpaired) electrons. The molecule has 3 atom stereocenters. The largest absolute Gasteiger partial charge is 0.511 e. The molecule has 0 amide bonds. The average Bonchev–Trinajstić information content (AvgIpc) is 2.91. The standard InChI is InChI=1S/C23H31NO4/c1-16(2)28-21(25)27-15-26-19-8-7-17-11-22(14-24-3)12-18-6-4-5-9-23(18,13-22)20(17)10-19/h7-8,10,16,18H,3-6,9,11-15H2,1-2H3/t18?,22?,23-/m0/s1. The molecule has 2 unspecified atom stereocenters. The van der Waals surface area contributed by atoms with Gasteiger partial charge in [0.25, 0.3) is 0 Å². The highest BCUT2D eigenvalue weighted by Gasteiger charge is 2.58. The number of hydrogen-bond acceptors (Lipinski definition) is 5. The SMILES string of the molecule is C=NCC12Cc3ccc(OCOC(=O)OC(C)C)cc3[C@@]3(CCCCC3C1)C2. The zero-order chi connectivity index (χ0) is 19.8. The maximum Gasteiger partial charge on any atom is 0.511 e. The Morgan fingerprint density at radius 2 is 2.21 bits per heavy atom. The number of rotatable bonds is 6. The fourth-order valence-corrected chi connectivity index (χ4v) is 6.14. The van der Waals surface area contributed by atoms with Crippen molar-refractivity contribution in [2.75, 3.05) is 13.3 Å². The van der Waals surface area contributed by atoms with Crippen LogP contribution < -0.4 is 4.74 Å². The van der Waals surface area contributed by atoms with Crippen LogP contribution in [0.4, 0.5) is 4.79 Å². The third kappa shape index (κ3) is 3.40. The van der Waals surface area contributed by atoms with Gasteiger partial charge in [0.2, 0.25) is 6.79 Å². The van der Waals surface area contributed by atoms with Gasteiger partial charge >= 0.3 is 6.16 Å². The summed E-state index contributed by atoms with van der Waals surface area (Å²) in [6.07, 6.45) is 7.86. The van der Waals surface area contributed by atoms with Gasteiger partial charge in [-0.2, -0.15) is 0 Å². The zero-order valence-corrected chi connectivity index (χ0v) is 17.0. The molecule has 3 aliphatic rings. The second-order valence-electron chi connectivity index (χ2n) is 9.18. The molecule has 0 saturated heterocycles. The molecule has 2 fully saturated rings. The van der Waals surface area contributed by atoms with Crippen LogP contribution in [0.15, 0.2) is 23.2 Å². The van der Waals surface area contributed by atoms with E-state index in [0.717, 1.165) is 24.6 Å². The summed E-state index contributed by atoms with van der Waals surface area (Å²) in [6.45, 7) is 8.10. The Kier molecular flexibility index (Phi) is 5.11. The smallest absolute Gasteiger partial charge is 0.457 e. The van der Waals surface area contributed by atoms with E-state index < -0.39 is 6.16 Å². The van der Waals surface area contributed by atoms with Gasteiger partial charge < -0.3 is 19.2 Å². The summed E-state index contributed by atoms with van der Waals surface area (Å²) in [7, 11) is 0. The molecule has 152 valence electrons. The molecule has 2 bridgehead atoms. The minimum absolute atomic E-state index is 0.134. The monoisotopic (exact) mass is 385 g/mol. The molecule has 28 heavy (non-hydrogen) atoms. The maximum atomic E-state index is 11.5. The first-order valence-corrected chi connectivity index (χ1v) is 10.5. The van der Waals surface area contributed by atoms with Crippen molar-refractivity contribution in [3.63, 3.8) is 0 Å². The molecule has 2 saturated carbocycles. The summed E-state index contributed by atoms with van der Waals surface area (Å²) >= 11 is 0. The Morgan fingerprint density at radius 1 is 1.36 bits per heavy atom. The Bertz CT molecular complexity index is 761. The fourth-order valence-electron chi connectivity index (χ4n) is 6.14. The van der Waals surface area contributed by atoms with Gasteiger partial charge in [-0.25, -0.2) is 4.79 Å². The van der Waals surface area contributed by atoms with Gasteiger partial charge in [-0.15, -0.1) is 0 Å². The van der Waals surface area contributed by atoms with Crippen molar-refractivity contribution < 1.29 is 19.0 Å². The number of aliphatic imine (C=N–C) groups is 1. The van der Waals surface area contributed by atoms with Crippen molar-refractivity contribution in [1.29, 1.82) is 0 Å². The van der Waals surface area contributed by atoms with Crippen molar-refractivity contribution in [3.05, 3.63) is 29.3 Å². The quantitative estimate of drug-likeness (QED) is 0.391. The minimum atomic E-state index is -0.698. The predicted octanol–water partition coefficient (Wildman–Crippen LogP) is 5.05. The number of benzene rings is 1. The van der Waals surface area contributed by atoms with Crippen molar-refractivity contribution in [2.24, 2.45) is 16.3 Å². The van der Waals surface area contributed by atoms with Gasteiger partial charge in [-0.3, -0.25) is 0 Å². The highest BCUT2D eigenvalue weighted by atomic mass is 16.8. The Morgan fingerprint density at radius 3 is 3.00 bits per heavy atom. The van der Waals surface area contributed by atoms with E-state index in [0.29, 0.717) is 0 Å². The van der Waals surface area contributed by atoms with Crippen LogP contribution in [-0.4, -0.2) is 32.3 Å². The second-order valence-corrected chi connectivity index (χ2v) is 9.18. The van der Waals surface area contributed by atoms with Crippen LogP contribution in [0.1, 0.15) is 63.5 Å². The maximum absolute atomic E-state index is 11.5. The van der Waals surface area contributed by atoms with Crippen LogP contribution >= 0.6 is 0 Å². The summed E-state index contributed by atoms with van der Waals surface area (Å²) in [5.41, 5.74) is 3.44. The van der Waals surface area contributed by atoms with Gasteiger partial charge in [0, 0.05) is 6.54 Å². The molecule has 1 aromatic carbocycles. The zero-order valence-electron chi connectivity index (χ0n) is 17.0. The molecule has 0 aliphatic heterocycles. The summed E-state index contributed by atoms with van der Waals surface area (Å²) in [6, 6.07) is 6.39. The van der Waals surface area contributed by atoms with Gasteiger partial charge in [0.15, 0.2) is 0 Å². The van der Waals surface area contributed by atoms with Crippen molar-refractivity contribution >= 4 is 12.9 Å². The molecule has 1 aromatic rings. The Balaban J connectivity index is 1.54. The molecular formula is C23H31NO4. The summed E-state index contributed by atoms with van der Waals surface area (Å²) < 4.78 is 15.7. The van der Waals surface area contributed by atoms with Crippen molar-refractivity contribution in [1.82, 2.24) is 0 Å². The van der Waals surface area contributed by atoms with E-state index in [1.807, 2.05) is 6.07 Å². The summed E-state index contributed by atoms with van der Waals surface area (Å²) in [5, 5.41) is 0. The van der Waals surface area contributed by atoms with E-state index in [9.17, 15) is 4.79 Å². The molecule has 0 heterocycles. The lowest BCUT2D eigenvalue weighted by molar-refractivity contribution is -0.00825. The van der Waals surface area contributed by atoms with Crippen LogP contribution in [-0.2, 0) is 21.3 Å². The molecule has 5 nitrogen and oxygen atoms in total. The van der Waals surface area contributed by atoms with E-state index in [1.165, 1.54) is 49.7 Å². The minimum Gasteiger partial charge on any atom is -0.457 e. The topological polar surface area (TPSA) is 57.1 Å². The van der Waals surface area contributed by atoms with E-state index >= 15 is 0 Å². The molecule has 3 aliphatic carbocycles. The number of hydrogen-bond donors (Lipinski definition) is 0. The first-order valence-electron chi connectivity index (χ1n) is 10.5. The molecule has 0 aromatic heterocycles. The Labute approximate surface area is 167 Å².